The molecular formula is C27H32N4O4. The van der Waals surface area contributed by atoms with Gasteiger partial charge in [-0.2, -0.15) is 5.10 Å². The average molecular weight is 477 g/mol. The molecule has 3 aromatic rings. The number of hydrazone groups is 1. The van der Waals surface area contributed by atoms with Gasteiger partial charge in [-0.25, -0.2) is 5.43 Å². The monoisotopic (exact) mass is 476 g/mol. The van der Waals surface area contributed by atoms with Gasteiger partial charge in [0.15, 0.2) is 11.5 Å². The van der Waals surface area contributed by atoms with Gasteiger partial charge in [0.25, 0.3) is 5.91 Å². The van der Waals surface area contributed by atoms with Crippen LogP contribution in [0, 0.1) is 6.92 Å². The van der Waals surface area contributed by atoms with E-state index in [1.165, 1.54) is 27.7 Å². The maximum atomic E-state index is 12.8. The Balaban J connectivity index is 1.30. The minimum absolute atomic E-state index is 0.124. The molecule has 1 amide bonds. The minimum atomic E-state index is -0.124. The van der Waals surface area contributed by atoms with Gasteiger partial charge in [0, 0.05) is 35.2 Å². The van der Waals surface area contributed by atoms with Crippen molar-refractivity contribution in [3.8, 4) is 17.2 Å². The molecule has 8 heteroatoms. The number of benzene rings is 2. The lowest BCUT2D eigenvalue weighted by atomic mass is 9.89. The largest absolute Gasteiger partial charge is 0.493 e. The van der Waals surface area contributed by atoms with Gasteiger partial charge in [-0.15, -0.1) is 0 Å². The van der Waals surface area contributed by atoms with Gasteiger partial charge in [-0.1, -0.05) is 11.6 Å². The van der Waals surface area contributed by atoms with Crippen LogP contribution in [-0.2, 0) is 17.8 Å². The number of methoxy groups -OCH3 is 3. The van der Waals surface area contributed by atoms with Crippen molar-refractivity contribution in [3.05, 3.63) is 52.7 Å². The highest BCUT2D eigenvalue weighted by Crippen LogP contribution is 2.42. The highest BCUT2D eigenvalue weighted by atomic mass is 16.5. The van der Waals surface area contributed by atoms with Crippen molar-refractivity contribution in [1.82, 2.24) is 14.9 Å². The molecule has 2 aromatic carbocycles. The lowest BCUT2D eigenvalue weighted by Crippen LogP contribution is -2.44. The summed E-state index contributed by atoms with van der Waals surface area (Å²) in [6.45, 7) is 4.21. The molecule has 1 aliphatic carbocycles. The van der Waals surface area contributed by atoms with Crippen LogP contribution in [0.4, 0.5) is 0 Å². The van der Waals surface area contributed by atoms with Crippen molar-refractivity contribution in [1.29, 1.82) is 0 Å². The zero-order chi connectivity index (χ0) is 24.5. The summed E-state index contributed by atoms with van der Waals surface area (Å²) >= 11 is 0. The fraction of sp³-hybridized carbons (Fsp3) is 0.407. The molecule has 2 heterocycles. The third kappa shape index (κ3) is 4.23. The van der Waals surface area contributed by atoms with Gasteiger partial charge < -0.3 is 18.8 Å². The summed E-state index contributed by atoms with van der Waals surface area (Å²) in [6.07, 6.45) is 4.90. The van der Waals surface area contributed by atoms with Crippen LogP contribution in [0.1, 0.15) is 41.3 Å². The summed E-state index contributed by atoms with van der Waals surface area (Å²) in [5.41, 5.74) is 8.90. The maximum Gasteiger partial charge on any atom is 0.254 e. The quantitative estimate of drug-likeness (QED) is 0.414. The Kier molecular flexibility index (Phi) is 6.38. The number of carbonyl (C=O) groups excluding carboxylic acids is 1. The van der Waals surface area contributed by atoms with Crippen molar-refractivity contribution >= 4 is 23.0 Å². The summed E-state index contributed by atoms with van der Waals surface area (Å²) in [7, 11) is 4.69. The molecule has 1 aromatic heterocycles. The molecule has 0 spiro atoms. The van der Waals surface area contributed by atoms with E-state index in [0.29, 0.717) is 23.8 Å². The van der Waals surface area contributed by atoms with Crippen molar-refractivity contribution in [2.75, 3.05) is 34.4 Å². The third-order valence-corrected chi connectivity index (χ3v) is 7.08. The Morgan fingerprint density at radius 3 is 2.60 bits per heavy atom. The lowest BCUT2D eigenvalue weighted by molar-refractivity contribution is -0.123. The molecule has 184 valence electrons. The molecule has 1 N–H and O–H groups in total. The summed E-state index contributed by atoms with van der Waals surface area (Å²) in [6, 6.07) is 10.6. The molecule has 1 atom stereocenters. The van der Waals surface area contributed by atoms with Crippen molar-refractivity contribution in [2.24, 2.45) is 5.10 Å². The van der Waals surface area contributed by atoms with E-state index in [2.05, 4.69) is 45.1 Å². The smallest absolute Gasteiger partial charge is 0.254 e. The van der Waals surface area contributed by atoms with Gasteiger partial charge in [0.2, 0.25) is 5.75 Å². The van der Waals surface area contributed by atoms with E-state index < -0.39 is 0 Å². The van der Waals surface area contributed by atoms with Crippen molar-refractivity contribution in [2.45, 2.75) is 38.8 Å². The van der Waals surface area contributed by atoms with Crippen LogP contribution in [0.25, 0.3) is 10.9 Å². The number of nitrogens with one attached hydrogen (secondary N) is 1. The number of carbonyl (C=O) groups is 1. The van der Waals surface area contributed by atoms with Crippen LogP contribution in [0.2, 0.25) is 0 Å². The van der Waals surface area contributed by atoms with Crippen molar-refractivity contribution < 1.29 is 19.0 Å². The van der Waals surface area contributed by atoms with Crippen LogP contribution in [0.15, 0.2) is 35.4 Å². The molecule has 1 aliphatic heterocycles. The molecule has 0 saturated heterocycles. The Labute approximate surface area is 205 Å². The maximum absolute atomic E-state index is 12.8. The van der Waals surface area contributed by atoms with Gasteiger partial charge in [-0.05, 0) is 56.0 Å². The molecule has 5 rings (SSSR count). The number of nitrogens with zero attached hydrogens (tertiary/aromatic N) is 3. The highest BCUT2D eigenvalue weighted by molar-refractivity contribution is 5.87. The second kappa shape index (κ2) is 9.62. The molecule has 0 bridgehead atoms. The Morgan fingerprint density at radius 2 is 1.89 bits per heavy atom. The Bertz CT molecular complexity index is 1270. The molecular weight excluding hydrogens is 444 g/mol. The summed E-state index contributed by atoms with van der Waals surface area (Å²) in [5, 5.41) is 5.56. The van der Waals surface area contributed by atoms with E-state index in [0.717, 1.165) is 37.9 Å². The number of hydrogen-bond donors (Lipinski definition) is 1. The normalized spacial score (nSPS) is 17.4. The fourth-order valence-corrected chi connectivity index (χ4v) is 5.55. The Morgan fingerprint density at radius 1 is 1.11 bits per heavy atom. The zero-order valence-corrected chi connectivity index (χ0v) is 20.8. The number of aromatic nitrogens is 1. The molecule has 0 saturated carbocycles. The summed E-state index contributed by atoms with van der Waals surface area (Å²) < 4.78 is 18.6. The standard InChI is InChI=1S/C27H32N4O4/c1-17-8-9-21-20(12-17)19-6-5-7-22-26(19)31(21)11-10-30(22)16-25(32)29-28-15-18-13-23(33-2)27(35-4)24(14-18)34-3/h8-9,12-15,22H,5-7,10-11,16H2,1-4H3,(H,29,32)/t22-/m0/s1. The number of fused-ring (bicyclic) bond motifs is 3. The second-order valence-electron chi connectivity index (χ2n) is 9.17. The highest BCUT2D eigenvalue weighted by Gasteiger charge is 2.35. The van der Waals surface area contributed by atoms with Crippen LogP contribution in [0.5, 0.6) is 17.2 Å². The molecule has 0 fully saturated rings. The zero-order valence-electron chi connectivity index (χ0n) is 20.8. The Hall–Kier alpha value is -3.52. The SMILES string of the molecule is COc1cc(C=NNC(=O)CN2CCn3c4c(c5cc(C)ccc53)CCC[C@@H]42)cc(OC)c1OC. The van der Waals surface area contributed by atoms with Crippen LogP contribution >= 0.6 is 0 Å². The number of ether oxygens (including phenoxy) is 3. The van der Waals surface area contributed by atoms with Gasteiger partial charge in [-0.3, -0.25) is 9.69 Å². The van der Waals surface area contributed by atoms with Gasteiger partial charge >= 0.3 is 0 Å². The number of amides is 1. The first-order valence-corrected chi connectivity index (χ1v) is 12.0. The van der Waals surface area contributed by atoms with E-state index >= 15 is 0 Å². The molecule has 8 nitrogen and oxygen atoms in total. The number of aryl methyl sites for hydroxylation is 2. The molecule has 2 aliphatic rings. The van der Waals surface area contributed by atoms with Crippen LogP contribution in [-0.4, -0.2) is 56.0 Å². The van der Waals surface area contributed by atoms with Gasteiger partial charge in [0.1, 0.15) is 0 Å². The predicted molar refractivity (Wildman–Crippen MR) is 136 cm³/mol. The second-order valence-corrected chi connectivity index (χ2v) is 9.17. The predicted octanol–water partition coefficient (Wildman–Crippen LogP) is 3.82. The topological polar surface area (TPSA) is 77.3 Å². The fourth-order valence-electron chi connectivity index (χ4n) is 5.55. The van der Waals surface area contributed by atoms with E-state index in [-0.39, 0.29) is 11.9 Å². The van der Waals surface area contributed by atoms with E-state index in [9.17, 15) is 4.79 Å². The molecule has 35 heavy (non-hydrogen) atoms. The molecule has 0 unspecified atom stereocenters. The third-order valence-electron chi connectivity index (χ3n) is 7.08. The first kappa shape index (κ1) is 23.2. The van der Waals surface area contributed by atoms with Gasteiger partial charge in [0.05, 0.1) is 40.1 Å². The average Bonchev–Trinajstić information content (AvgIpc) is 3.19. The van der Waals surface area contributed by atoms with Crippen LogP contribution < -0.4 is 19.6 Å². The lowest BCUT2D eigenvalue weighted by Gasteiger charge is -2.39. The summed E-state index contributed by atoms with van der Waals surface area (Å²) in [5.74, 6) is 1.46. The summed E-state index contributed by atoms with van der Waals surface area (Å²) in [4.78, 5) is 15.1. The minimum Gasteiger partial charge on any atom is -0.493 e. The first-order chi connectivity index (χ1) is 17.0. The van der Waals surface area contributed by atoms with E-state index in [4.69, 9.17) is 14.2 Å². The first-order valence-electron chi connectivity index (χ1n) is 12.0. The molecule has 0 radical (unpaired) electrons. The van der Waals surface area contributed by atoms with Crippen LogP contribution in [0.3, 0.4) is 0 Å². The number of hydrogen-bond acceptors (Lipinski definition) is 6. The number of rotatable bonds is 7. The van der Waals surface area contributed by atoms with E-state index in [1.54, 1.807) is 39.7 Å². The van der Waals surface area contributed by atoms with E-state index in [1.807, 2.05) is 0 Å². The van der Waals surface area contributed by atoms with Crippen molar-refractivity contribution in [3.63, 3.8) is 0 Å².